The van der Waals surface area contributed by atoms with Gasteiger partial charge in [-0.15, -0.1) is 0 Å². The first kappa shape index (κ1) is 20.3. The lowest BCUT2D eigenvalue weighted by Crippen LogP contribution is -2.12. The van der Waals surface area contributed by atoms with Gasteiger partial charge in [0, 0.05) is 28.9 Å². The lowest BCUT2D eigenvalue weighted by molar-refractivity contribution is -0.138. The third kappa shape index (κ3) is 4.04. The second-order valence-corrected chi connectivity index (χ2v) is 6.76. The summed E-state index contributed by atoms with van der Waals surface area (Å²) in [6, 6.07) is 9.88. The van der Waals surface area contributed by atoms with E-state index >= 15 is 0 Å². The van der Waals surface area contributed by atoms with Gasteiger partial charge in [0.2, 0.25) is 5.56 Å². The smallest absolute Gasteiger partial charge is 0.416 e. The van der Waals surface area contributed by atoms with E-state index in [0.717, 1.165) is 6.07 Å². The molecule has 2 heterocycles. The molecule has 0 amide bonds. The number of aromatic nitrogens is 3. The topological polar surface area (TPSA) is 106 Å². The van der Waals surface area contributed by atoms with Crippen molar-refractivity contribution in [2.24, 2.45) is 0 Å². The summed E-state index contributed by atoms with van der Waals surface area (Å²) in [5.41, 5.74) is 5.97. The maximum absolute atomic E-state index is 13.3. The van der Waals surface area contributed by atoms with E-state index in [1.807, 2.05) is 0 Å². The lowest BCUT2D eigenvalue weighted by atomic mass is 10.0. The molecule has 0 radical (unpaired) electrons. The Labute approximate surface area is 173 Å². The molecule has 0 spiro atoms. The van der Waals surface area contributed by atoms with Crippen LogP contribution < -0.4 is 20.8 Å². The van der Waals surface area contributed by atoms with Crippen LogP contribution in [0.3, 0.4) is 0 Å². The number of methoxy groups -OCH3 is 1. The Kier molecular flexibility index (Phi) is 5.05. The summed E-state index contributed by atoms with van der Waals surface area (Å²) in [7, 11) is 1.42. The summed E-state index contributed by atoms with van der Waals surface area (Å²) in [6.07, 6.45) is -2.91. The third-order valence-electron chi connectivity index (χ3n) is 4.74. The van der Waals surface area contributed by atoms with Gasteiger partial charge in [0.05, 0.1) is 12.7 Å². The maximum atomic E-state index is 13.3. The predicted octanol–water partition coefficient (Wildman–Crippen LogP) is 4.11. The quantitative estimate of drug-likeness (QED) is 0.413. The van der Waals surface area contributed by atoms with Crippen LogP contribution in [0.4, 0.5) is 18.9 Å². The zero-order valence-electron chi connectivity index (χ0n) is 16.2. The molecule has 0 saturated heterocycles. The SMILES string of the molecule is COc1cc(-c2cc(=O)[nH]c3n[nH]cc23)ccc1OCc1ccc(N)cc1C(F)(F)F. The van der Waals surface area contributed by atoms with Gasteiger partial charge in [0.25, 0.3) is 0 Å². The number of hydrogen-bond donors (Lipinski definition) is 3. The van der Waals surface area contributed by atoms with Gasteiger partial charge in [-0.1, -0.05) is 12.1 Å². The van der Waals surface area contributed by atoms with Crippen LogP contribution in [0, 0.1) is 0 Å². The number of nitrogens with zero attached hydrogens (tertiary/aromatic N) is 1. The number of anilines is 1. The number of nitrogens with one attached hydrogen (secondary N) is 2. The Morgan fingerprint density at radius 3 is 2.65 bits per heavy atom. The third-order valence-corrected chi connectivity index (χ3v) is 4.74. The number of nitrogens with two attached hydrogens (primary N) is 1. The van der Waals surface area contributed by atoms with Crippen molar-refractivity contribution in [1.82, 2.24) is 15.2 Å². The molecule has 160 valence electrons. The number of benzene rings is 2. The average molecular weight is 430 g/mol. The number of nitrogen functional groups attached to an aromatic ring is 1. The molecule has 31 heavy (non-hydrogen) atoms. The number of pyridine rings is 1. The Hall–Kier alpha value is -3.95. The van der Waals surface area contributed by atoms with Crippen molar-refractivity contribution in [2.45, 2.75) is 12.8 Å². The summed E-state index contributed by atoms with van der Waals surface area (Å²) in [4.78, 5) is 14.6. The Balaban J connectivity index is 1.66. The van der Waals surface area contributed by atoms with Crippen molar-refractivity contribution in [2.75, 3.05) is 12.8 Å². The number of alkyl halides is 3. The monoisotopic (exact) mass is 430 g/mol. The molecule has 0 aliphatic heterocycles. The van der Waals surface area contributed by atoms with E-state index in [1.165, 1.54) is 25.3 Å². The molecule has 0 bridgehead atoms. The van der Waals surface area contributed by atoms with Crippen molar-refractivity contribution in [3.63, 3.8) is 0 Å². The standard InChI is InChI=1S/C21H17F3N4O3/c1-30-18-6-11(14-8-19(29)27-20-15(14)9-26-28-20)3-5-17(18)31-10-12-2-4-13(25)7-16(12)21(22,23)24/h2-9H,10,25H2,1H3,(H2,26,27,28,29). The van der Waals surface area contributed by atoms with Gasteiger partial charge in [-0.3, -0.25) is 9.89 Å². The van der Waals surface area contributed by atoms with Crippen LogP contribution in [0.1, 0.15) is 11.1 Å². The van der Waals surface area contributed by atoms with Crippen molar-refractivity contribution in [3.8, 4) is 22.6 Å². The second-order valence-electron chi connectivity index (χ2n) is 6.76. The van der Waals surface area contributed by atoms with Gasteiger partial charge in [0.1, 0.15) is 6.61 Å². The van der Waals surface area contributed by atoms with E-state index < -0.39 is 11.7 Å². The van der Waals surface area contributed by atoms with E-state index in [0.29, 0.717) is 27.9 Å². The minimum absolute atomic E-state index is 0.0152. The minimum atomic E-state index is -4.56. The molecule has 2 aromatic heterocycles. The van der Waals surface area contributed by atoms with Crippen LogP contribution in [0.5, 0.6) is 11.5 Å². The molecule has 0 fully saturated rings. The van der Waals surface area contributed by atoms with Gasteiger partial charge >= 0.3 is 6.18 Å². The molecule has 0 aliphatic rings. The number of ether oxygens (including phenoxy) is 2. The molecule has 4 rings (SSSR count). The van der Waals surface area contributed by atoms with Gasteiger partial charge in [0.15, 0.2) is 17.1 Å². The Bertz CT molecular complexity index is 1310. The van der Waals surface area contributed by atoms with Crippen molar-refractivity contribution < 1.29 is 22.6 Å². The van der Waals surface area contributed by atoms with E-state index in [1.54, 1.807) is 24.4 Å². The zero-order valence-corrected chi connectivity index (χ0v) is 16.2. The molecule has 4 aromatic rings. The highest BCUT2D eigenvalue weighted by Crippen LogP contribution is 2.37. The largest absolute Gasteiger partial charge is 0.493 e. The maximum Gasteiger partial charge on any atom is 0.416 e. The minimum Gasteiger partial charge on any atom is -0.493 e. The highest BCUT2D eigenvalue weighted by atomic mass is 19.4. The summed E-state index contributed by atoms with van der Waals surface area (Å²) in [5, 5.41) is 7.38. The molecule has 0 atom stereocenters. The van der Waals surface area contributed by atoms with E-state index in [2.05, 4.69) is 15.2 Å². The number of H-pyrrole nitrogens is 2. The van der Waals surface area contributed by atoms with Crippen LogP contribution in [0.25, 0.3) is 22.2 Å². The highest BCUT2D eigenvalue weighted by Gasteiger charge is 2.33. The predicted molar refractivity (Wildman–Crippen MR) is 109 cm³/mol. The Morgan fingerprint density at radius 2 is 1.90 bits per heavy atom. The molecule has 4 N–H and O–H groups in total. The van der Waals surface area contributed by atoms with E-state index in [-0.39, 0.29) is 29.2 Å². The van der Waals surface area contributed by atoms with Crippen LogP contribution >= 0.6 is 0 Å². The molecule has 7 nitrogen and oxygen atoms in total. The van der Waals surface area contributed by atoms with Crippen LogP contribution in [0.15, 0.2) is 53.5 Å². The number of halogens is 3. The van der Waals surface area contributed by atoms with Gasteiger partial charge in [-0.25, -0.2) is 0 Å². The first-order valence-corrected chi connectivity index (χ1v) is 9.10. The number of aromatic amines is 2. The van der Waals surface area contributed by atoms with Crippen molar-refractivity contribution in [3.05, 3.63) is 70.1 Å². The van der Waals surface area contributed by atoms with E-state index in [9.17, 15) is 18.0 Å². The van der Waals surface area contributed by atoms with Crippen LogP contribution in [-0.4, -0.2) is 22.3 Å². The zero-order chi connectivity index (χ0) is 22.2. The average Bonchev–Trinajstić information content (AvgIpc) is 3.19. The van der Waals surface area contributed by atoms with Crippen molar-refractivity contribution >= 4 is 16.7 Å². The molecule has 0 unspecified atom stereocenters. The first-order chi connectivity index (χ1) is 14.8. The lowest BCUT2D eigenvalue weighted by Gasteiger charge is -2.16. The van der Waals surface area contributed by atoms with Crippen LogP contribution in [0.2, 0.25) is 0 Å². The summed E-state index contributed by atoms with van der Waals surface area (Å²) in [5.74, 6) is 0.558. The van der Waals surface area contributed by atoms with E-state index in [4.69, 9.17) is 15.2 Å². The number of fused-ring (bicyclic) bond motifs is 1. The molecule has 10 heteroatoms. The van der Waals surface area contributed by atoms with Gasteiger partial charge in [-0.05, 0) is 35.4 Å². The molecule has 2 aromatic carbocycles. The fourth-order valence-electron chi connectivity index (χ4n) is 3.28. The molecular formula is C21H17F3N4O3. The summed E-state index contributed by atoms with van der Waals surface area (Å²) < 4.78 is 50.9. The summed E-state index contributed by atoms with van der Waals surface area (Å²) in [6.45, 7) is -0.332. The van der Waals surface area contributed by atoms with Crippen LogP contribution in [-0.2, 0) is 12.8 Å². The first-order valence-electron chi connectivity index (χ1n) is 9.10. The number of hydrogen-bond acceptors (Lipinski definition) is 5. The second kappa shape index (κ2) is 7.71. The highest BCUT2D eigenvalue weighted by molar-refractivity contribution is 5.92. The van der Waals surface area contributed by atoms with Gasteiger partial charge < -0.3 is 20.2 Å². The molecule has 0 saturated carbocycles. The van der Waals surface area contributed by atoms with Gasteiger partial charge in [-0.2, -0.15) is 18.3 Å². The number of rotatable bonds is 5. The fourth-order valence-corrected chi connectivity index (χ4v) is 3.28. The molecule has 0 aliphatic carbocycles. The molecular weight excluding hydrogens is 413 g/mol. The Morgan fingerprint density at radius 1 is 1.10 bits per heavy atom. The fraction of sp³-hybridized carbons (Fsp3) is 0.143. The normalized spacial score (nSPS) is 11.6. The van der Waals surface area contributed by atoms with Crippen molar-refractivity contribution in [1.29, 1.82) is 0 Å². The summed E-state index contributed by atoms with van der Waals surface area (Å²) >= 11 is 0.